The summed E-state index contributed by atoms with van der Waals surface area (Å²) in [6, 6.07) is 4.39. The van der Waals surface area contributed by atoms with Crippen molar-refractivity contribution in [2.75, 3.05) is 33.9 Å². The molecule has 0 unspecified atom stereocenters. The zero-order valence-electron chi connectivity index (χ0n) is 14.7. The topological polar surface area (TPSA) is 84.9 Å². The van der Waals surface area contributed by atoms with Crippen LogP contribution in [0.1, 0.15) is 26.7 Å². The summed E-state index contributed by atoms with van der Waals surface area (Å²) in [5.74, 6) is 0.737. The van der Waals surface area contributed by atoms with E-state index in [9.17, 15) is 13.2 Å². The molecule has 0 saturated heterocycles. The fourth-order valence-corrected chi connectivity index (χ4v) is 3.19. The largest absolute Gasteiger partial charge is 0.493 e. The molecule has 24 heavy (non-hydrogen) atoms. The number of hydrogen-bond acceptors (Lipinski definition) is 5. The molecule has 0 aliphatic carbocycles. The Morgan fingerprint density at radius 1 is 1.17 bits per heavy atom. The number of carbonyl (C=O) groups excluding carboxylic acids is 1. The molecule has 0 heterocycles. The van der Waals surface area contributed by atoms with Gasteiger partial charge in [0.05, 0.1) is 19.1 Å². The Hall–Kier alpha value is -1.80. The Kier molecular flexibility index (Phi) is 8.00. The minimum atomic E-state index is -3.68. The van der Waals surface area contributed by atoms with E-state index in [2.05, 4.69) is 4.72 Å². The second-order valence-electron chi connectivity index (χ2n) is 5.27. The van der Waals surface area contributed by atoms with Gasteiger partial charge in [-0.2, -0.15) is 0 Å². The number of carbonyl (C=O) groups is 1. The Balaban J connectivity index is 2.74. The number of rotatable bonds is 10. The molecular formula is C16H26N2O5S. The van der Waals surface area contributed by atoms with Crippen molar-refractivity contribution in [3.63, 3.8) is 0 Å². The Bertz CT molecular complexity index is 646. The van der Waals surface area contributed by atoms with Crippen LogP contribution in [0.15, 0.2) is 23.1 Å². The summed E-state index contributed by atoms with van der Waals surface area (Å²) in [5, 5.41) is 0. The predicted molar refractivity (Wildman–Crippen MR) is 91.9 cm³/mol. The zero-order chi connectivity index (χ0) is 18.2. The van der Waals surface area contributed by atoms with Crippen LogP contribution in [-0.4, -0.2) is 53.1 Å². The number of sulfonamides is 1. The fraction of sp³-hybridized carbons (Fsp3) is 0.562. The Morgan fingerprint density at radius 3 is 2.38 bits per heavy atom. The second-order valence-corrected chi connectivity index (χ2v) is 7.04. The number of benzene rings is 1. The third-order valence-corrected chi connectivity index (χ3v) is 5.02. The SMILES string of the molecule is CCCCN(CCNS(=O)(=O)c1ccc(OC)c(OC)c1)C(C)=O. The highest BCUT2D eigenvalue weighted by Crippen LogP contribution is 2.29. The highest BCUT2D eigenvalue weighted by atomic mass is 32.2. The number of methoxy groups -OCH3 is 2. The van der Waals surface area contributed by atoms with Gasteiger partial charge in [-0.3, -0.25) is 4.79 Å². The van der Waals surface area contributed by atoms with Crippen LogP contribution in [0, 0.1) is 0 Å². The molecule has 0 saturated carbocycles. The van der Waals surface area contributed by atoms with Gasteiger partial charge >= 0.3 is 0 Å². The van der Waals surface area contributed by atoms with Gasteiger partial charge in [-0.05, 0) is 18.6 Å². The number of amides is 1. The average molecular weight is 358 g/mol. The number of hydrogen-bond donors (Lipinski definition) is 1. The van der Waals surface area contributed by atoms with Crippen LogP contribution in [0.4, 0.5) is 0 Å². The van der Waals surface area contributed by atoms with E-state index >= 15 is 0 Å². The molecule has 0 aliphatic heterocycles. The first-order valence-electron chi connectivity index (χ1n) is 7.83. The van der Waals surface area contributed by atoms with Gasteiger partial charge in [-0.15, -0.1) is 0 Å². The standard InChI is InChI=1S/C16H26N2O5S/c1-5-6-10-18(13(2)19)11-9-17-24(20,21)14-7-8-15(22-3)16(12-14)23-4/h7-8,12,17H,5-6,9-11H2,1-4H3. The van der Waals surface area contributed by atoms with Crippen molar-refractivity contribution in [2.24, 2.45) is 0 Å². The molecule has 7 nitrogen and oxygen atoms in total. The summed E-state index contributed by atoms with van der Waals surface area (Å²) in [4.78, 5) is 13.3. The Morgan fingerprint density at radius 2 is 1.83 bits per heavy atom. The maximum absolute atomic E-state index is 12.4. The normalized spacial score (nSPS) is 11.2. The molecule has 1 N–H and O–H groups in total. The van der Waals surface area contributed by atoms with Gasteiger partial charge in [0, 0.05) is 32.6 Å². The van der Waals surface area contributed by atoms with Crippen molar-refractivity contribution in [2.45, 2.75) is 31.6 Å². The molecule has 0 fully saturated rings. The van der Waals surface area contributed by atoms with Crippen molar-refractivity contribution >= 4 is 15.9 Å². The van der Waals surface area contributed by atoms with E-state index in [0.29, 0.717) is 24.6 Å². The molecule has 0 spiro atoms. The smallest absolute Gasteiger partial charge is 0.240 e. The van der Waals surface area contributed by atoms with Crippen LogP contribution < -0.4 is 14.2 Å². The van der Waals surface area contributed by atoms with Crippen LogP contribution in [-0.2, 0) is 14.8 Å². The summed E-state index contributed by atoms with van der Waals surface area (Å²) < 4.78 is 37.4. The maximum atomic E-state index is 12.4. The average Bonchev–Trinajstić information content (AvgIpc) is 2.56. The molecule has 0 bridgehead atoms. The minimum Gasteiger partial charge on any atom is -0.493 e. The summed E-state index contributed by atoms with van der Waals surface area (Å²) in [5.41, 5.74) is 0. The molecule has 0 aromatic heterocycles. The third-order valence-electron chi connectivity index (χ3n) is 3.57. The van der Waals surface area contributed by atoms with Gasteiger partial charge in [0.1, 0.15) is 0 Å². The third kappa shape index (κ3) is 5.68. The molecule has 1 amide bonds. The van der Waals surface area contributed by atoms with Crippen molar-refractivity contribution in [1.82, 2.24) is 9.62 Å². The van der Waals surface area contributed by atoms with Gasteiger partial charge < -0.3 is 14.4 Å². The second kappa shape index (κ2) is 9.48. The lowest BCUT2D eigenvalue weighted by molar-refractivity contribution is -0.128. The van der Waals surface area contributed by atoms with Crippen LogP contribution in [0.5, 0.6) is 11.5 Å². The van der Waals surface area contributed by atoms with Gasteiger partial charge in [-0.25, -0.2) is 13.1 Å². The van der Waals surface area contributed by atoms with Crippen LogP contribution in [0.2, 0.25) is 0 Å². The maximum Gasteiger partial charge on any atom is 0.240 e. The first kappa shape index (κ1) is 20.2. The van der Waals surface area contributed by atoms with Gasteiger partial charge in [-0.1, -0.05) is 13.3 Å². The van der Waals surface area contributed by atoms with Gasteiger partial charge in [0.15, 0.2) is 11.5 Å². The lowest BCUT2D eigenvalue weighted by Gasteiger charge is -2.21. The number of nitrogens with zero attached hydrogens (tertiary/aromatic N) is 1. The zero-order valence-corrected chi connectivity index (χ0v) is 15.5. The number of ether oxygens (including phenoxy) is 2. The van der Waals surface area contributed by atoms with E-state index in [0.717, 1.165) is 12.8 Å². The Labute approximate surface area is 144 Å². The lowest BCUT2D eigenvalue weighted by Crippen LogP contribution is -2.38. The molecule has 136 valence electrons. The highest BCUT2D eigenvalue weighted by Gasteiger charge is 2.17. The van der Waals surface area contributed by atoms with E-state index in [-0.39, 0.29) is 17.3 Å². The monoisotopic (exact) mass is 358 g/mol. The van der Waals surface area contributed by atoms with Crippen LogP contribution in [0.3, 0.4) is 0 Å². The molecular weight excluding hydrogens is 332 g/mol. The van der Waals surface area contributed by atoms with Crippen LogP contribution >= 0.6 is 0 Å². The van der Waals surface area contributed by atoms with E-state index in [1.54, 1.807) is 4.90 Å². The van der Waals surface area contributed by atoms with Crippen molar-refractivity contribution in [3.05, 3.63) is 18.2 Å². The minimum absolute atomic E-state index is 0.0613. The quantitative estimate of drug-likeness (QED) is 0.687. The highest BCUT2D eigenvalue weighted by molar-refractivity contribution is 7.89. The van der Waals surface area contributed by atoms with E-state index < -0.39 is 10.0 Å². The summed E-state index contributed by atoms with van der Waals surface area (Å²) in [6.07, 6.45) is 1.86. The number of unbranched alkanes of at least 4 members (excludes halogenated alkanes) is 1. The first-order valence-corrected chi connectivity index (χ1v) is 9.31. The molecule has 8 heteroatoms. The molecule has 1 aromatic rings. The lowest BCUT2D eigenvalue weighted by atomic mass is 10.3. The summed E-state index contributed by atoms with van der Waals surface area (Å²) in [7, 11) is -0.756. The van der Waals surface area contributed by atoms with Crippen molar-refractivity contribution < 1.29 is 22.7 Å². The summed E-state index contributed by atoms with van der Waals surface area (Å²) >= 11 is 0. The molecule has 0 aliphatic rings. The fourth-order valence-electron chi connectivity index (χ4n) is 2.16. The van der Waals surface area contributed by atoms with Gasteiger partial charge in [0.25, 0.3) is 0 Å². The molecule has 1 aromatic carbocycles. The summed E-state index contributed by atoms with van der Waals surface area (Å²) in [6.45, 7) is 4.64. The van der Waals surface area contributed by atoms with Gasteiger partial charge in [0.2, 0.25) is 15.9 Å². The van der Waals surface area contributed by atoms with E-state index in [4.69, 9.17) is 9.47 Å². The van der Waals surface area contributed by atoms with Crippen LogP contribution in [0.25, 0.3) is 0 Å². The van der Waals surface area contributed by atoms with E-state index in [1.165, 1.54) is 39.3 Å². The molecule has 0 radical (unpaired) electrons. The number of nitrogens with one attached hydrogen (secondary N) is 1. The van der Waals surface area contributed by atoms with Crippen molar-refractivity contribution in [1.29, 1.82) is 0 Å². The first-order chi connectivity index (χ1) is 11.4. The van der Waals surface area contributed by atoms with E-state index in [1.807, 2.05) is 6.92 Å². The molecule has 1 rings (SSSR count). The predicted octanol–water partition coefficient (Wildman–Crippen LogP) is 1.63. The van der Waals surface area contributed by atoms with Crippen molar-refractivity contribution in [3.8, 4) is 11.5 Å². The molecule has 0 atom stereocenters.